The number of halogens is 1. The molecule has 2 spiro atoms. The van der Waals surface area contributed by atoms with Gasteiger partial charge in [0.2, 0.25) is 0 Å². The van der Waals surface area contributed by atoms with E-state index in [1.807, 2.05) is 43.3 Å². The van der Waals surface area contributed by atoms with Crippen LogP contribution in [0.2, 0.25) is 0 Å². The monoisotopic (exact) mass is 464 g/mol. The largest absolute Gasteiger partial charge is 0.389 e. The second-order valence-electron chi connectivity index (χ2n) is 11.6. The van der Waals surface area contributed by atoms with E-state index in [1.165, 1.54) is 5.57 Å². The Hall–Kier alpha value is -2.04. The van der Waals surface area contributed by atoms with Gasteiger partial charge in [0.15, 0.2) is 5.67 Å². The number of ether oxygens (including phenoxy) is 1. The molecule has 6 heteroatoms. The third-order valence-corrected chi connectivity index (χ3v) is 10.0. The van der Waals surface area contributed by atoms with Gasteiger partial charge >= 0.3 is 0 Å². The number of fused-ring (bicyclic) bond motifs is 1. The Kier molecular flexibility index (Phi) is 4.62. The van der Waals surface area contributed by atoms with Gasteiger partial charge in [-0.3, -0.25) is 0 Å². The first kappa shape index (κ1) is 22.4. The summed E-state index contributed by atoms with van der Waals surface area (Å²) in [5.41, 5.74) is 0.264. The van der Waals surface area contributed by atoms with Crippen LogP contribution in [-0.2, 0) is 4.74 Å². The quantitative estimate of drug-likeness (QED) is 0.652. The van der Waals surface area contributed by atoms with E-state index in [4.69, 9.17) is 4.74 Å². The van der Waals surface area contributed by atoms with E-state index in [-0.39, 0.29) is 23.8 Å². The van der Waals surface area contributed by atoms with Gasteiger partial charge in [-0.15, -0.1) is 0 Å². The average Bonchev–Trinajstić information content (AvgIpc) is 3.35. The zero-order chi connectivity index (χ0) is 24.1. The van der Waals surface area contributed by atoms with Crippen LogP contribution in [0.15, 0.2) is 42.0 Å². The highest BCUT2D eigenvalue weighted by atomic mass is 19.1. The molecule has 2 aliphatic heterocycles. The van der Waals surface area contributed by atoms with Crippen molar-refractivity contribution in [1.29, 1.82) is 5.26 Å². The molecule has 2 saturated heterocycles. The smallest absolute Gasteiger partial charge is 0.171 e. The van der Waals surface area contributed by atoms with E-state index >= 15 is 4.39 Å². The van der Waals surface area contributed by atoms with E-state index in [9.17, 15) is 15.5 Å². The fourth-order valence-corrected chi connectivity index (χ4v) is 8.16. The molecule has 0 amide bonds. The van der Waals surface area contributed by atoms with Gasteiger partial charge in [0, 0.05) is 23.8 Å². The lowest BCUT2D eigenvalue weighted by molar-refractivity contribution is -0.282. The van der Waals surface area contributed by atoms with Crippen molar-refractivity contribution in [3.8, 4) is 6.07 Å². The Morgan fingerprint density at radius 2 is 1.88 bits per heavy atom. The number of hydrogen-bond donors (Lipinski definition) is 2. The lowest BCUT2D eigenvalue weighted by Crippen LogP contribution is -2.73. The van der Waals surface area contributed by atoms with Crippen LogP contribution in [0.25, 0.3) is 5.57 Å². The standard InChI is InChI=1S/C28H33FN2O3/c1-25-11-10-19-14-28(29)24(33)23(32)21(31(2)3)15-26(28)12-13-27(19,34-26)22(25)9-8-20(25)18-6-4-17(16-30)5-7-18/h4-8,10,21-24,32-33H,9,11-15H2,1-3H3/t21-,22?,23+,24-,25+,26+,27+,28?/m0/s1. The minimum atomic E-state index is -1.99. The van der Waals surface area contributed by atoms with Crippen molar-refractivity contribution in [3.63, 3.8) is 0 Å². The summed E-state index contributed by atoms with van der Waals surface area (Å²) in [6.45, 7) is 2.30. The highest BCUT2D eigenvalue weighted by Gasteiger charge is 2.76. The Morgan fingerprint density at radius 1 is 1.15 bits per heavy atom. The third-order valence-electron chi connectivity index (χ3n) is 10.0. The molecule has 1 aromatic rings. The zero-order valence-corrected chi connectivity index (χ0v) is 20.1. The van der Waals surface area contributed by atoms with Crippen molar-refractivity contribution < 1.29 is 19.3 Å². The maximum absolute atomic E-state index is 16.8. The second kappa shape index (κ2) is 7.01. The van der Waals surface area contributed by atoms with Crippen molar-refractivity contribution in [3.05, 3.63) is 53.1 Å². The number of rotatable bonds is 2. The molecule has 2 unspecified atom stereocenters. The highest BCUT2D eigenvalue weighted by Crippen LogP contribution is 2.70. The summed E-state index contributed by atoms with van der Waals surface area (Å²) in [5, 5.41) is 31.0. The molecule has 5 nitrogen and oxygen atoms in total. The summed E-state index contributed by atoms with van der Waals surface area (Å²) in [6.07, 6.45) is 5.29. The molecule has 8 atom stereocenters. The molecule has 3 fully saturated rings. The van der Waals surface area contributed by atoms with Gasteiger partial charge in [0.05, 0.1) is 23.3 Å². The Labute approximate surface area is 200 Å². The normalized spacial score (nSPS) is 46.8. The van der Waals surface area contributed by atoms with Crippen molar-refractivity contribution >= 4 is 5.57 Å². The van der Waals surface area contributed by atoms with Gasteiger partial charge in [0.1, 0.15) is 11.7 Å². The molecule has 2 N–H and O–H groups in total. The number of nitrogens with zero attached hydrogens (tertiary/aromatic N) is 2. The predicted molar refractivity (Wildman–Crippen MR) is 126 cm³/mol. The first-order chi connectivity index (χ1) is 16.1. The van der Waals surface area contributed by atoms with Gasteiger partial charge < -0.3 is 19.8 Å². The van der Waals surface area contributed by atoms with Crippen molar-refractivity contribution in [2.24, 2.45) is 11.3 Å². The molecule has 2 bridgehead atoms. The van der Waals surface area contributed by atoms with Gasteiger partial charge in [-0.1, -0.05) is 31.2 Å². The van der Waals surface area contributed by atoms with E-state index in [0.717, 1.165) is 30.4 Å². The van der Waals surface area contributed by atoms with Crippen LogP contribution in [0.4, 0.5) is 4.39 Å². The van der Waals surface area contributed by atoms with E-state index in [0.29, 0.717) is 18.4 Å². The number of likely N-dealkylation sites (N-methyl/N-ethyl adjacent to an activating group) is 1. The average molecular weight is 465 g/mol. The van der Waals surface area contributed by atoms with Crippen molar-refractivity contribution in [2.75, 3.05) is 14.1 Å². The summed E-state index contributed by atoms with van der Waals surface area (Å²) < 4.78 is 23.7. The minimum Gasteiger partial charge on any atom is -0.389 e. The number of aliphatic hydroxyl groups is 2. The molecule has 1 saturated carbocycles. The van der Waals surface area contributed by atoms with Crippen LogP contribution < -0.4 is 0 Å². The van der Waals surface area contributed by atoms with Crippen LogP contribution in [0, 0.1) is 22.7 Å². The number of benzene rings is 1. The molecule has 34 heavy (non-hydrogen) atoms. The molecule has 6 rings (SSSR count). The molecular weight excluding hydrogens is 431 g/mol. The Bertz CT molecular complexity index is 1140. The van der Waals surface area contributed by atoms with Crippen LogP contribution in [0.5, 0.6) is 0 Å². The maximum Gasteiger partial charge on any atom is 0.171 e. The summed E-state index contributed by atoms with van der Waals surface area (Å²) in [6, 6.07) is 9.62. The van der Waals surface area contributed by atoms with Crippen molar-refractivity contribution in [1.82, 2.24) is 4.90 Å². The molecule has 0 radical (unpaired) electrons. The summed E-state index contributed by atoms with van der Waals surface area (Å²) in [5.74, 6) is 0.191. The number of nitriles is 1. The lowest BCUT2D eigenvalue weighted by Gasteiger charge is -2.61. The fraction of sp³-hybridized carbons (Fsp3) is 0.607. The number of allylic oxidation sites excluding steroid dienone is 3. The molecule has 3 aliphatic carbocycles. The minimum absolute atomic E-state index is 0.129. The zero-order valence-electron chi connectivity index (χ0n) is 20.1. The molecule has 5 aliphatic rings. The van der Waals surface area contributed by atoms with Crippen LogP contribution in [0.3, 0.4) is 0 Å². The molecule has 2 heterocycles. The van der Waals surface area contributed by atoms with Crippen LogP contribution >= 0.6 is 0 Å². The number of aliphatic hydroxyl groups excluding tert-OH is 2. The van der Waals surface area contributed by atoms with Crippen LogP contribution in [0.1, 0.15) is 56.6 Å². The Balaban J connectivity index is 1.40. The van der Waals surface area contributed by atoms with Crippen molar-refractivity contribution in [2.45, 2.75) is 80.6 Å². The van der Waals surface area contributed by atoms with Gasteiger partial charge in [-0.25, -0.2) is 4.39 Å². The van der Waals surface area contributed by atoms with E-state index in [2.05, 4.69) is 25.1 Å². The fourth-order valence-electron chi connectivity index (χ4n) is 8.16. The van der Waals surface area contributed by atoms with E-state index in [1.54, 1.807) is 0 Å². The molecule has 180 valence electrons. The van der Waals surface area contributed by atoms with Gasteiger partial charge in [0.25, 0.3) is 0 Å². The summed E-state index contributed by atoms with van der Waals surface area (Å²) in [7, 11) is 3.73. The predicted octanol–water partition coefficient (Wildman–Crippen LogP) is 3.75. The maximum atomic E-state index is 16.8. The number of alkyl halides is 1. The lowest BCUT2D eigenvalue weighted by atomic mass is 9.56. The first-order valence-electron chi connectivity index (χ1n) is 12.4. The SMILES string of the molecule is CN(C)[C@H]1C[C@@]23CC[C@@]4(O2)C(=CC[C@]2(C)C(c5ccc(C#N)cc5)=CCC24)CC3(F)[C@@H](O)[C@@H]1O. The summed E-state index contributed by atoms with van der Waals surface area (Å²) in [4.78, 5) is 1.88. The topological polar surface area (TPSA) is 76.7 Å². The summed E-state index contributed by atoms with van der Waals surface area (Å²) >= 11 is 0. The third kappa shape index (κ3) is 2.57. The first-order valence-corrected chi connectivity index (χ1v) is 12.4. The highest BCUT2D eigenvalue weighted by molar-refractivity contribution is 5.74. The van der Waals surface area contributed by atoms with E-state index < -0.39 is 29.1 Å². The molecular formula is C28H33FN2O3. The van der Waals surface area contributed by atoms with Gasteiger partial charge in [-0.2, -0.15) is 5.26 Å². The Morgan fingerprint density at radius 3 is 2.56 bits per heavy atom. The van der Waals surface area contributed by atoms with Crippen LogP contribution in [-0.4, -0.2) is 64.3 Å². The molecule has 0 aromatic heterocycles. The number of hydrogen-bond acceptors (Lipinski definition) is 5. The molecule has 1 aromatic carbocycles. The van der Waals surface area contributed by atoms with Gasteiger partial charge in [-0.05, 0) is 75.0 Å². The second-order valence-corrected chi connectivity index (χ2v) is 11.6.